The van der Waals surface area contributed by atoms with Gasteiger partial charge in [-0.2, -0.15) is 0 Å². The molecule has 0 aliphatic heterocycles. The van der Waals surface area contributed by atoms with E-state index in [4.69, 9.17) is 9.47 Å². The Morgan fingerprint density at radius 3 is 2.00 bits per heavy atom. The SMILES string of the molecule is CCCCC(CC)COC(=O)CCCCC(=O)OCC. The van der Waals surface area contributed by atoms with Crippen molar-refractivity contribution in [1.29, 1.82) is 0 Å². The summed E-state index contributed by atoms with van der Waals surface area (Å²) in [5.41, 5.74) is 0. The van der Waals surface area contributed by atoms with Gasteiger partial charge in [0.1, 0.15) is 0 Å². The molecule has 0 aromatic heterocycles. The first-order valence-corrected chi connectivity index (χ1v) is 7.95. The summed E-state index contributed by atoms with van der Waals surface area (Å²) >= 11 is 0. The van der Waals surface area contributed by atoms with Crippen LogP contribution in [0.25, 0.3) is 0 Å². The number of hydrogen-bond acceptors (Lipinski definition) is 4. The molecule has 0 aromatic carbocycles. The Morgan fingerprint density at radius 2 is 1.50 bits per heavy atom. The summed E-state index contributed by atoms with van der Waals surface area (Å²) in [5, 5.41) is 0. The molecule has 1 unspecified atom stereocenters. The molecule has 0 saturated heterocycles. The van der Waals surface area contributed by atoms with Crippen molar-refractivity contribution in [3.05, 3.63) is 0 Å². The van der Waals surface area contributed by atoms with Crippen molar-refractivity contribution in [2.24, 2.45) is 5.92 Å². The van der Waals surface area contributed by atoms with Gasteiger partial charge in [0.2, 0.25) is 0 Å². The van der Waals surface area contributed by atoms with Gasteiger partial charge >= 0.3 is 11.9 Å². The molecule has 0 bridgehead atoms. The summed E-state index contributed by atoms with van der Waals surface area (Å²) in [5.74, 6) is 0.147. The van der Waals surface area contributed by atoms with E-state index in [0.717, 1.165) is 12.8 Å². The van der Waals surface area contributed by atoms with E-state index in [1.807, 2.05) is 0 Å². The second-order valence-electron chi connectivity index (χ2n) is 5.11. The Labute approximate surface area is 123 Å². The first-order valence-electron chi connectivity index (χ1n) is 7.95. The fraction of sp³-hybridized carbons (Fsp3) is 0.875. The third-order valence-electron chi connectivity index (χ3n) is 3.34. The zero-order valence-corrected chi connectivity index (χ0v) is 13.3. The third-order valence-corrected chi connectivity index (χ3v) is 3.34. The molecule has 0 aliphatic rings. The van der Waals surface area contributed by atoms with Crippen LogP contribution in [0.15, 0.2) is 0 Å². The zero-order chi connectivity index (χ0) is 15.2. The van der Waals surface area contributed by atoms with Crippen LogP contribution in [0.1, 0.15) is 72.1 Å². The number of unbranched alkanes of at least 4 members (excludes halogenated alkanes) is 2. The lowest BCUT2D eigenvalue weighted by molar-refractivity contribution is -0.146. The molecule has 0 saturated carbocycles. The van der Waals surface area contributed by atoms with Gasteiger partial charge in [0.25, 0.3) is 0 Å². The van der Waals surface area contributed by atoms with E-state index in [1.165, 1.54) is 12.8 Å². The minimum absolute atomic E-state index is 0.149. The number of esters is 2. The Kier molecular flexibility index (Phi) is 12.3. The fourth-order valence-electron chi connectivity index (χ4n) is 1.95. The summed E-state index contributed by atoms with van der Waals surface area (Å²) in [6.07, 6.45) is 6.69. The molecule has 1 atom stereocenters. The molecular weight excluding hydrogens is 256 g/mol. The maximum absolute atomic E-state index is 11.6. The van der Waals surface area contributed by atoms with E-state index in [-0.39, 0.29) is 11.9 Å². The van der Waals surface area contributed by atoms with Gasteiger partial charge in [0.05, 0.1) is 13.2 Å². The number of rotatable bonds is 12. The minimum atomic E-state index is -0.188. The molecule has 4 nitrogen and oxygen atoms in total. The number of ether oxygens (including phenoxy) is 2. The maximum Gasteiger partial charge on any atom is 0.305 e. The smallest absolute Gasteiger partial charge is 0.305 e. The highest BCUT2D eigenvalue weighted by Crippen LogP contribution is 2.13. The zero-order valence-electron chi connectivity index (χ0n) is 13.3. The quantitative estimate of drug-likeness (QED) is 0.404. The monoisotopic (exact) mass is 286 g/mol. The van der Waals surface area contributed by atoms with Gasteiger partial charge in [-0.05, 0) is 32.1 Å². The minimum Gasteiger partial charge on any atom is -0.466 e. The van der Waals surface area contributed by atoms with Crippen molar-refractivity contribution in [3.63, 3.8) is 0 Å². The Bertz CT molecular complexity index is 263. The highest BCUT2D eigenvalue weighted by Gasteiger charge is 2.10. The molecule has 0 aliphatic carbocycles. The van der Waals surface area contributed by atoms with Gasteiger partial charge in [0.15, 0.2) is 0 Å². The average molecular weight is 286 g/mol. The van der Waals surface area contributed by atoms with E-state index in [1.54, 1.807) is 6.92 Å². The Balaban J connectivity index is 3.59. The molecule has 0 rings (SSSR count). The van der Waals surface area contributed by atoms with Crippen LogP contribution < -0.4 is 0 Å². The summed E-state index contributed by atoms with van der Waals surface area (Å²) in [7, 11) is 0. The second-order valence-corrected chi connectivity index (χ2v) is 5.11. The third kappa shape index (κ3) is 10.8. The van der Waals surface area contributed by atoms with Gasteiger partial charge in [0, 0.05) is 12.8 Å². The number of carbonyl (C=O) groups is 2. The molecule has 118 valence electrons. The van der Waals surface area contributed by atoms with E-state index in [0.29, 0.717) is 44.8 Å². The Morgan fingerprint density at radius 1 is 0.900 bits per heavy atom. The molecule has 0 aromatic rings. The summed E-state index contributed by atoms with van der Waals surface area (Å²) in [6.45, 7) is 7.04. The van der Waals surface area contributed by atoms with Gasteiger partial charge in [-0.25, -0.2) is 0 Å². The summed E-state index contributed by atoms with van der Waals surface area (Å²) < 4.78 is 10.1. The predicted octanol–water partition coefficient (Wildman–Crippen LogP) is 3.87. The molecule has 0 N–H and O–H groups in total. The molecular formula is C16H30O4. The maximum atomic E-state index is 11.6. The highest BCUT2D eigenvalue weighted by atomic mass is 16.5. The largest absolute Gasteiger partial charge is 0.466 e. The first-order chi connectivity index (χ1) is 9.63. The fourth-order valence-corrected chi connectivity index (χ4v) is 1.95. The van der Waals surface area contributed by atoms with Crippen molar-refractivity contribution in [1.82, 2.24) is 0 Å². The molecule has 0 spiro atoms. The van der Waals surface area contributed by atoms with Crippen molar-refractivity contribution in [2.75, 3.05) is 13.2 Å². The van der Waals surface area contributed by atoms with Crippen molar-refractivity contribution in [2.45, 2.75) is 72.1 Å². The van der Waals surface area contributed by atoms with Crippen molar-refractivity contribution >= 4 is 11.9 Å². The van der Waals surface area contributed by atoms with E-state index in [9.17, 15) is 9.59 Å². The van der Waals surface area contributed by atoms with Gasteiger partial charge in [-0.3, -0.25) is 9.59 Å². The molecule has 0 heterocycles. The molecule has 4 heteroatoms. The molecule has 0 radical (unpaired) electrons. The lowest BCUT2D eigenvalue weighted by Crippen LogP contribution is -2.13. The standard InChI is InChI=1S/C16H30O4/c1-4-7-10-14(5-2)13-20-16(18)12-9-8-11-15(17)19-6-3/h14H,4-13H2,1-3H3. The molecule has 20 heavy (non-hydrogen) atoms. The van der Waals surface area contributed by atoms with E-state index < -0.39 is 0 Å². The van der Waals surface area contributed by atoms with E-state index in [2.05, 4.69) is 13.8 Å². The Hall–Kier alpha value is -1.06. The topological polar surface area (TPSA) is 52.6 Å². The first kappa shape index (κ1) is 18.9. The normalized spacial score (nSPS) is 11.9. The van der Waals surface area contributed by atoms with Crippen LogP contribution in [-0.4, -0.2) is 25.2 Å². The van der Waals surface area contributed by atoms with Crippen LogP contribution in [-0.2, 0) is 19.1 Å². The number of hydrogen-bond donors (Lipinski definition) is 0. The van der Waals surface area contributed by atoms with Crippen LogP contribution >= 0.6 is 0 Å². The highest BCUT2D eigenvalue weighted by molar-refractivity contribution is 5.70. The van der Waals surface area contributed by atoms with Gasteiger partial charge in [-0.15, -0.1) is 0 Å². The van der Waals surface area contributed by atoms with E-state index >= 15 is 0 Å². The lowest BCUT2D eigenvalue weighted by atomic mass is 10.0. The lowest BCUT2D eigenvalue weighted by Gasteiger charge is -2.14. The van der Waals surface area contributed by atoms with Gasteiger partial charge < -0.3 is 9.47 Å². The second kappa shape index (κ2) is 12.9. The summed E-state index contributed by atoms with van der Waals surface area (Å²) in [4.78, 5) is 22.7. The summed E-state index contributed by atoms with van der Waals surface area (Å²) in [6, 6.07) is 0. The number of carbonyl (C=O) groups excluding carboxylic acids is 2. The van der Waals surface area contributed by atoms with Crippen LogP contribution in [0.3, 0.4) is 0 Å². The molecule has 0 amide bonds. The van der Waals surface area contributed by atoms with Crippen LogP contribution in [0.2, 0.25) is 0 Å². The predicted molar refractivity (Wildman–Crippen MR) is 79.4 cm³/mol. The average Bonchev–Trinajstić information content (AvgIpc) is 2.44. The van der Waals surface area contributed by atoms with Crippen LogP contribution in [0, 0.1) is 5.92 Å². The molecule has 0 fully saturated rings. The van der Waals surface area contributed by atoms with Crippen molar-refractivity contribution < 1.29 is 19.1 Å². The van der Waals surface area contributed by atoms with Crippen LogP contribution in [0.5, 0.6) is 0 Å². The van der Waals surface area contributed by atoms with Crippen LogP contribution in [0.4, 0.5) is 0 Å². The van der Waals surface area contributed by atoms with Crippen molar-refractivity contribution in [3.8, 4) is 0 Å². The van der Waals surface area contributed by atoms with Gasteiger partial charge in [-0.1, -0.05) is 33.1 Å².